The lowest BCUT2D eigenvalue weighted by atomic mass is 10.3. The molecule has 1 heterocycles. The highest BCUT2D eigenvalue weighted by molar-refractivity contribution is 5.80. The van der Waals surface area contributed by atoms with Crippen LogP contribution in [-0.4, -0.2) is 41.8 Å². The van der Waals surface area contributed by atoms with Crippen LogP contribution in [0, 0.1) is 0 Å². The van der Waals surface area contributed by atoms with Gasteiger partial charge in [-0.25, -0.2) is 9.98 Å². The van der Waals surface area contributed by atoms with Gasteiger partial charge in [-0.15, -0.1) is 0 Å². The number of benzene rings is 1. The first-order chi connectivity index (χ1) is 12.3. The van der Waals surface area contributed by atoms with Gasteiger partial charge in [0, 0.05) is 33.4 Å². The minimum Gasteiger partial charge on any atom is -0.381 e. The average molecular weight is 345 g/mol. The van der Waals surface area contributed by atoms with Crippen molar-refractivity contribution < 1.29 is 4.74 Å². The molecule has 0 unspecified atom stereocenters. The van der Waals surface area contributed by atoms with Crippen molar-refractivity contribution in [3.8, 4) is 0 Å². The molecule has 138 valence electrons. The van der Waals surface area contributed by atoms with E-state index in [0.717, 1.165) is 62.0 Å². The molecule has 0 saturated heterocycles. The Morgan fingerprint density at radius 1 is 1.16 bits per heavy atom. The van der Waals surface area contributed by atoms with Gasteiger partial charge in [-0.3, -0.25) is 0 Å². The summed E-state index contributed by atoms with van der Waals surface area (Å²) in [7, 11) is 2.04. The monoisotopic (exact) mass is 345 g/mol. The van der Waals surface area contributed by atoms with E-state index in [-0.39, 0.29) is 0 Å². The Hall–Kier alpha value is -2.08. The molecule has 0 fully saturated rings. The van der Waals surface area contributed by atoms with Crippen LogP contribution in [0.15, 0.2) is 29.3 Å². The Balaban J connectivity index is 1.85. The van der Waals surface area contributed by atoms with Crippen LogP contribution in [0.5, 0.6) is 0 Å². The van der Waals surface area contributed by atoms with Gasteiger partial charge >= 0.3 is 0 Å². The molecule has 6 nitrogen and oxygen atoms in total. The number of unbranched alkanes of at least 4 members (excludes halogenated alkanes) is 1. The van der Waals surface area contributed by atoms with Gasteiger partial charge in [-0.05, 0) is 31.9 Å². The molecule has 1 aromatic heterocycles. The van der Waals surface area contributed by atoms with E-state index in [2.05, 4.69) is 45.1 Å². The molecule has 1 aromatic carbocycles. The van der Waals surface area contributed by atoms with Crippen LogP contribution in [0.2, 0.25) is 0 Å². The Labute approximate surface area is 150 Å². The van der Waals surface area contributed by atoms with E-state index in [0.29, 0.717) is 6.54 Å². The van der Waals surface area contributed by atoms with E-state index in [9.17, 15) is 0 Å². The number of hydrogen-bond donors (Lipinski definition) is 2. The summed E-state index contributed by atoms with van der Waals surface area (Å²) in [5, 5.41) is 6.64. The standard InChI is InChI=1S/C19H31N5O/c1-4-6-13-25-14-9-12-21-19(20-5-2)22-15-18-23-16-10-7-8-11-17(16)24(18)3/h7-8,10-11H,4-6,9,12-15H2,1-3H3,(H2,20,21,22). The highest BCUT2D eigenvalue weighted by atomic mass is 16.5. The number of aromatic nitrogens is 2. The largest absolute Gasteiger partial charge is 0.381 e. The van der Waals surface area contributed by atoms with Gasteiger partial charge in [-0.2, -0.15) is 0 Å². The zero-order valence-corrected chi connectivity index (χ0v) is 15.7. The molecule has 0 aliphatic heterocycles. The molecule has 0 atom stereocenters. The summed E-state index contributed by atoms with van der Waals surface area (Å²) in [6, 6.07) is 8.16. The number of aliphatic imine (C=N–C) groups is 1. The van der Waals surface area contributed by atoms with E-state index >= 15 is 0 Å². The van der Waals surface area contributed by atoms with Crippen molar-refractivity contribution in [3.63, 3.8) is 0 Å². The fraction of sp³-hybridized carbons (Fsp3) is 0.579. The number of imidazole rings is 1. The number of ether oxygens (including phenoxy) is 1. The lowest BCUT2D eigenvalue weighted by Gasteiger charge is -2.11. The highest BCUT2D eigenvalue weighted by Gasteiger charge is 2.06. The topological polar surface area (TPSA) is 63.5 Å². The number of fused-ring (bicyclic) bond motifs is 1. The fourth-order valence-electron chi connectivity index (χ4n) is 2.56. The summed E-state index contributed by atoms with van der Waals surface area (Å²) in [6.07, 6.45) is 3.29. The van der Waals surface area contributed by atoms with Crippen molar-refractivity contribution in [2.75, 3.05) is 26.3 Å². The number of guanidine groups is 1. The van der Waals surface area contributed by atoms with Crippen molar-refractivity contribution in [3.05, 3.63) is 30.1 Å². The van der Waals surface area contributed by atoms with Crippen LogP contribution in [0.25, 0.3) is 11.0 Å². The summed E-state index contributed by atoms with van der Waals surface area (Å²) < 4.78 is 7.68. The molecule has 0 aliphatic rings. The zero-order valence-electron chi connectivity index (χ0n) is 15.7. The van der Waals surface area contributed by atoms with Crippen molar-refractivity contribution >= 4 is 17.0 Å². The van der Waals surface area contributed by atoms with Crippen molar-refractivity contribution in [2.45, 2.75) is 39.7 Å². The van der Waals surface area contributed by atoms with Gasteiger partial charge in [-0.1, -0.05) is 25.5 Å². The lowest BCUT2D eigenvalue weighted by molar-refractivity contribution is 0.129. The quantitative estimate of drug-likeness (QED) is 0.395. The second-order valence-corrected chi connectivity index (χ2v) is 6.02. The Morgan fingerprint density at radius 2 is 1.96 bits per heavy atom. The molecule has 2 aromatic rings. The number of hydrogen-bond acceptors (Lipinski definition) is 3. The predicted octanol–water partition coefficient (Wildman–Crippen LogP) is 2.84. The van der Waals surface area contributed by atoms with Crippen LogP contribution >= 0.6 is 0 Å². The minimum absolute atomic E-state index is 0.549. The molecule has 0 spiro atoms. The average Bonchev–Trinajstić information content (AvgIpc) is 2.95. The van der Waals surface area contributed by atoms with E-state index < -0.39 is 0 Å². The molecule has 0 amide bonds. The van der Waals surface area contributed by atoms with Crippen molar-refractivity contribution in [1.29, 1.82) is 0 Å². The third-order valence-corrected chi connectivity index (χ3v) is 4.00. The summed E-state index contributed by atoms with van der Waals surface area (Å²) in [4.78, 5) is 9.32. The first-order valence-electron chi connectivity index (χ1n) is 9.26. The Kier molecular flexibility index (Phi) is 8.25. The zero-order chi connectivity index (χ0) is 17.9. The van der Waals surface area contributed by atoms with E-state index in [1.807, 2.05) is 25.2 Å². The summed E-state index contributed by atoms with van der Waals surface area (Å²) in [5.41, 5.74) is 2.15. The maximum absolute atomic E-state index is 5.58. The summed E-state index contributed by atoms with van der Waals surface area (Å²) in [5.74, 6) is 1.78. The fourth-order valence-corrected chi connectivity index (χ4v) is 2.56. The van der Waals surface area contributed by atoms with Crippen LogP contribution < -0.4 is 10.6 Å². The van der Waals surface area contributed by atoms with Crippen molar-refractivity contribution in [1.82, 2.24) is 20.2 Å². The molecular formula is C19H31N5O. The minimum atomic E-state index is 0.549. The Morgan fingerprint density at radius 3 is 2.72 bits per heavy atom. The third kappa shape index (κ3) is 6.05. The number of para-hydroxylation sites is 2. The van der Waals surface area contributed by atoms with Crippen LogP contribution in [-0.2, 0) is 18.3 Å². The Bertz CT molecular complexity index is 665. The second-order valence-electron chi connectivity index (χ2n) is 6.02. The lowest BCUT2D eigenvalue weighted by Crippen LogP contribution is -2.38. The maximum Gasteiger partial charge on any atom is 0.191 e. The molecule has 0 saturated carbocycles. The molecule has 25 heavy (non-hydrogen) atoms. The number of nitrogens with zero attached hydrogens (tertiary/aromatic N) is 3. The van der Waals surface area contributed by atoms with E-state index in [1.54, 1.807) is 0 Å². The number of nitrogens with one attached hydrogen (secondary N) is 2. The van der Waals surface area contributed by atoms with Gasteiger partial charge in [0.1, 0.15) is 12.4 Å². The molecule has 2 rings (SSSR count). The van der Waals surface area contributed by atoms with Crippen molar-refractivity contribution in [2.24, 2.45) is 12.0 Å². The van der Waals surface area contributed by atoms with E-state index in [1.165, 1.54) is 6.42 Å². The van der Waals surface area contributed by atoms with Gasteiger partial charge in [0.15, 0.2) is 5.96 Å². The molecule has 0 aliphatic carbocycles. The maximum atomic E-state index is 5.58. The molecule has 2 N–H and O–H groups in total. The smallest absolute Gasteiger partial charge is 0.191 e. The first kappa shape index (κ1) is 19.2. The van der Waals surface area contributed by atoms with Gasteiger partial charge < -0.3 is 19.9 Å². The first-order valence-corrected chi connectivity index (χ1v) is 9.26. The van der Waals surface area contributed by atoms with Crippen LogP contribution in [0.4, 0.5) is 0 Å². The van der Waals surface area contributed by atoms with Crippen LogP contribution in [0.1, 0.15) is 38.9 Å². The predicted molar refractivity (Wildman–Crippen MR) is 104 cm³/mol. The molecule has 0 bridgehead atoms. The third-order valence-electron chi connectivity index (χ3n) is 4.00. The second kappa shape index (κ2) is 10.7. The normalized spacial score (nSPS) is 11.9. The van der Waals surface area contributed by atoms with E-state index in [4.69, 9.17) is 4.74 Å². The number of rotatable bonds is 10. The van der Waals surface area contributed by atoms with Gasteiger partial charge in [0.05, 0.1) is 11.0 Å². The molecule has 6 heteroatoms. The van der Waals surface area contributed by atoms with Crippen LogP contribution in [0.3, 0.4) is 0 Å². The van der Waals surface area contributed by atoms with Gasteiger partial charge in [0.25, 0.3) is 0 Å². The highest BCUT2D eigenvalue weighted by Crippen LogP contribution is 2.14. The summed E-state index contributed by atoms with van der Waals surface area (Å²) >= 11 is 0. The van der Waals surface area contributed by atoms with Gasteiger partial charge in [0.2, 0.25) is 0 Å². The molecule has 0 radical (unpaired) electrons. The summed E-state index contributed by atoms with van der Waals surface area (Å²) in [6.45, 7) is 8.12. The number of aryl methyl sites for hydroxylation is 1. The SMILES string of the molecule is CCCCOCCCNC(=NCc1nc2ccccc2n1C)NCC. The molecular weight excluding hydrogens is 314 g/mol.